The fraction of sp³-hybridized carbons (Fsp3) is 0.600. The molecule has 0 saturated heterocycles. The van der Waals surface area contributed by atoms with Gasteiger partial charge in [-0.25, -0.2) is 0 Å². The highest BCUT2D eigenvalue weighted by Crippen LogP contribution is 2.24. The van der Waals surface area contributed by atoms with Crippen LogP contribution < -0.4 is 0 Å². The molecule has 21 heavy (non-hydrogen) atoms. The van der Waals surface area contributed by atoms with Gasteiger partial charge in [-0.1, -0.05) is 41.0 Å². The Morgan fingerprint density at radius 2 is 1.29 bits per heavy atom. The van der Waals surface area contributed by atoms with Crippen molar-refractivity contribution < 1.29 is 5.11 Å². The Kier molecular flexibility index (Phi) is 7.17. The summed E-state index contributed by atoms with van der Waals surface area (Å²) in [5.41, 5.74) is 4.70. The highest BCUT2D eigenvalue weighted by atomic mass is 16.3. The Bertz CT molecular complexity index is 453. The van der Waals surface area contributed by atoms with Gasteiger partial charge in [-0.2, -0.15) is 0 Å². The highest BCUT2D eigenvalue weighted by Gasteiger charge is 2.18. The van der Waals surface area contributed by atoms with E-state index in [1.54, 1.807) is 0 Å². The van der Waals surface area contributed by atoms with Gasteiger partial charge in [0.15, 0.2) is 0 Å². The lowest BCUT2D eigenvalue weighted by molar-refractivity contribution is 0.116. The molecule has 0 unspecified atom stereocenters. The van der Waals surface area contributed by atoms with Crippen molar-refractivity contribution in [2.75, 3.05) is 0 Å². The van der Waals surface area contributed by atoms with Gasteiger partial charge in [0.2, 0.25) is 0 Å². The van der Waals surface area contributed by atoms with Gasteiger partial charge in [-0.05, 0) is 78.7 Å². The zero-order valence-corrected chi connectivity index (χ0v) is 14.5. The van der Waals surface area contributed by atoms with E-state index in [1.165, 1.54) is 16.7 Å². The van der Waals surface area contributed by atoms with Crippen molar-refractivity contribution in [3.63, 3.8) is 0 Å². The molecule has 0 aromatic heterocycles. The first-order valence-corrected chi connectivity index (χ1v) is 8.19. The third kappa shape index (κ3) is 7.47. The van der Waals surface area contributed by atoms with E-state index in [0.717, 1.165) is 44.1 Å². The summed E-state index contributed by atoms with van der Waals surface area (Å²) in [6, 6.07) is 0. The molecule has 0 saturated carbocycles. The van der Waals surface area contributed by atoms with E-state index >= 15 is 0 Å². The first kappa shape index (κ1) is 18.0. The second-order valence-electron chi connectivity index (χ2n) is 6.94. The molecule has 0 bridgehead atoms. The van der Waals surface area contributed by atoms with Gasteiger partial charge < -0.3 is 5.11 Å². The number of hydrogen-bond donors (Lipinski definition) is 1. The number of allylic oxidation sites excluding steroid dienone is 7. The van der Waals surface area contributed by atoms with Gasteiger partial charge in [-0.15, -0.1) is 0 Å². The van der Waals surface area contributed by atoms with Crippen LogP contribution in [0.25, 0.3) is 0 Å². The maximum absolute atomic E-state index is 10.3. The molecular formula is C20H32O. The van der Waals surface area contributed by atoms with Crippen molar-refractivity contribution >= 4 is 0 Å². The van der Waals surface area contributed by atoms with Gasteiger partial charge >= 0.3 is 0 Å². The summed E-state index contributed by atoms with van der Waals surface area (Å²) in [5.74, 6) is 0. The zero-order valence-electron chi connectivity index (χ0n) is 14.5. The third-order valence-electron chi connectivity index (χ3n) is 4.21. The monoisotopic (exact) mass is 288 g/mol. The fourth-order valence-electron chi connectivity index (χ4n) is 2.55. The number of rotatable bonds is 1. The minimum atomic E-state index is -0.732. The maximum Gasteiger partial charge on any atom is 0.0803 e. The van der Waals surface area contributed by atoms with Gasteiger partial charge in [0.05, 0.1) is 5.60 Å². The molecule has 0 aliphatic heterocycles. The van der Waals surface area contributed by atoms with E-state index in [-0.39, 0.29) is 0 Å². The second kappa shape index (κ2) is 8.38. The molecular weight excluding hydrogens is 256 g/mol. The molecule has 1 rings (SSSR count). The van der Waals surface area contributed by atoms with E-state index in [9.17, 15) is 5.11 Å². The van der Waals surface area contributed by atoms with Crippen LogP contribution >= 0.6 is 0 Å². The molecule has 1 N–H and O–H groups in total. The average molecular weight is 288 g/mol. The van der Waals surface area contributed by atoms with Crippen molar-refractivity contribution in [3.8, 4) is 0 Å². The van der Waals surface area contributed by atoms with E-state index < -0.39 is 5.60 Å². The van der Waals surface area contributed by atoms with Gasteiger partial charge in [0.25, 0.3) is 0 Å². The Balaban J connectivity index is 2.96. The quantitative estimate of drug-likeness (QED) is 0.598. The first-order chi connectivity index (χ1) is 9.79. The summed E-state index contributed by atoms with van der Waals surface area (Å²) in [4.78, 5) is 0. The third-order valence-corrected chi connectivity index (χ3v) is 4.21. The predicted molar refractivity (Wildman–Crippen MR) is 93.4 cm³/mol. The van der Waals surface area contributed by atoms with Crippen molar-refractivity contribution in [3.05, 3.63) is 46.6 Å². The fourth-order valence-corrected chi connectivity index (χ4v) is 2.55. The van der Waals surface area contributed by atoms with Gasteiger partial charge in [-0.3, -0.25) is 0 Å². The van der Waals surface area contributed by atoms with Crippen LogP contribution in [0, 0.1) is 0 Å². The molecule has 1 heteroatoms. The Labute approximate surface area is 131 Å². The van der Waals surface area contributed by atoms with Crippen molar-refractivity contribution in [1.82, 2.24) is 0 Å². The molecule has 0 spiro atoms. The zero-order chi connectivity index (χ0) is 15.9. The van der Waals surface area contributed by atoms with E-state index in [2.05, 4.69) is 45.1 Å². The van der Waals surface area contributed by atoms with E-state index in [4.69, 9.17) is 0 Å². The minimum Gasteiger partial charge on any atom is -0.386 e. The first-order valence-electron chi connectivity index (χ1n) is 8.19. The molecule has 0 aromatic carbocycles. The Morgan fingerprint density at radius 3 is 1.86 bits per heavy atom. The van der Waals surface area contributed by atoms with Crippen LogP contribution in [0.4, 0.5) is 0 Å². The lowest BCUT2D eigenvalue weighted by Gasteiger charge is -2.22. The van der Waals surface area contributed by atoms with Crippen molar-refractivity contribution in [2.45, 2.75) is 78.7 Å². The molecule has 0 aromatic rings. The van der Waals surface area contributed by atoms with Crippen LogP contribution in [0.3, 0.4) is 0 Å². The molecule has 0 atom stereocenters. The maximum atomic E-state index is 10.3. The normalized spacial score (nSPS) is 29.8. The topological polar surface area (TPSA) is 20.2 Å². The minimum absolute atomic E-state index is 0.732. The number of aliphatic hydroxyl groups is 1. The summed E-state index contributed by atoms with van der Waals surface area (Å²) in [5, 5.41) is 10.3. The molecule has 1 nitrogen and oxygen atoms in total. The van der Waals surface area contributed by atoms with E-state index in [0.29, 0.717) is 0 Å². The largest absolute Gasteiger partial charge is 0.386 e. The lowest BCUT2D eigenvalue weighted by atomic mass is 9.91. The summed E-state index contributed by atoms with van der Waals surface area (Å²) in [6.45, 7) is 10.4. The van der Waals surface area contributed by atoms with Crippen LogP contribution in [-0.2, 0) is 0 Å². The predicted octanol–water partition coefficient (Wildman–Crippen LogP) is 5.88. The summed E-state index contributed by atoms with van der Waals surface area (Å²) < 4.78 is 0. The molecule has 118 valence electrons. The number of hydrogen-bond acceptors (Lipinski definition) is 1. The summed E-state index contributed by atoms with van der Waals surface area (Å²) in [6.07, 6.45) is 15.5. The van der Waals surface area contributed by atoms with E-state index in [1.807, 2.05) is 13.8 Å². The molecule has 0 amide bonds. The SMILES string of the molecule is C/C1=C/C=C(/C(C)(C)O)CC/C(C)=C\CC/C(C)=C\CC1. The smallest absolute Gasteiger partial charge is 0.0803 e. The van der Waals surface area contributed by atoms with Crippen LogP contribution in [0.5, 0.6) is 0 Å². The molecule has 0 fully saturated rings. The molecule has 0 heterocycles. The second-order valence-corrected chi connectivity index (χ2v) is 6.94. The Hall–Kier alpha value is -1.08. The Morgan fingerprint density at radius 1 is 0.762 bits per heavy atom. The standard InChI is InChI=1S/C20H32O/c1-16-8-6-10-17(2)12-14-19(20(4,5)21)15-13-18(3)11-7-9-16/h8,11-12,14,21H,6-7,9-10,13,15H2,1-5H3/b16-8-,17-12-,18-11-,19-14+. The molecule has 1 aliphatic carbocycles. The summed E-state index contributed by atoms with van der Waals surface area (Å²) >= 11 is 0. The van der Waals surface area contributed by atoms with Crippen LogP contribution in [0.2, 0.25) is 0 Å². The van der Waals surface area contributed by atoms with Crippen LogP contribution in [-0.4, -0.2) is 10.7 Å². The van der Waals surface area contributed by atoms with Crippen molar-refractivity contribution in [2.24, 2.45) is 0 Å². The summed E-state index contributed by atoms with van der Waals surface area (Å²) in [7, 11) is 0. The molecule has 1 aliphatic rings. The molecule has 0 radical (unpaired) electrons. The van der Waals surface area contributed by atoms with Crippen LogP contribution in [0.15, 0.2) is 46.6 Å². The van der Waals surface area contributed by atoms with Crippen LogP contribution in [0.1, 0.15) is 73.1 Å². The average Bonchev–Trinajstić information content (AvgIpc) is 2.36. The van der Waals surface area contributed by atoms with Gasteiger partial charge in [0, 0.05) is 0 Å². The van der Waals surface area contributed by atoms with Crippen molar-refractivity contribution in [1.29, 1.82) is 0 Å². The highest BCUT2D eigenvalue weighted by molar-refractivity contribution is 5.24. The van der Waals surface area contributed by atoms with Gasteiger partial charge in [0.1, 0.15) is 0 Å². The lowest BCUT2D eigenvalue weighted by Crippen LogP contribution is -2.22.